The Morgan fingerprint density at radius 1 is 1.00 bits per heavy atom. The molecule has 0 saturated carbocycles. The molecule has 1 aliphatic heterocycles. The van der Waals surface area contributed by atoms with Gasteiger partial charge >= 0.3 is 0 Å². The summed E-state index contributed by atoms with van der Waals surface area (Å²) in [4.78, 5) is 8.97. The SMILES string of the molecule is c1ccc(Nc2ncccc2C2=NCCC2)cc1. The maximum Gasteiger partial charge on any atom is 0.139 e. The summed E-state index contributed by atoms with van der Waals surface area (Å²) in [5, 5.41) is 3.36. The van der Waals surface area contributed by atoms with Crippen molar-refractivity contribution in [2.24, 2.45) is 4.99 Å². The number of nitrogens with one attached hydrogen (secondary N) is 1. The molecule has 18 heavy (non-hydrogen) atoms. The van der Waals surface area contributed by atoms with Crippen LogP contribution in [-0.2, 0) is 0 Å². The Morgan fingerprint density at radius 2 is 1.89 bits per heavy atom. The van der Waals surface area contributed by atoms with Crippen LogP contribution in [0, 0.1) is 0 Å². The van der Waals surface area contributed by atoms with Gasteiger partial charge in [-0.2, -0.15) is 0 Å². The van der Waals surface area contributed by atoms with Crippen molar-refractivity contribution >= 4 is 17.2 Å². The Morgan fingerprint density at radius 3 is 2.67 bits per heavy atom. The normalized spacial score (nSPS) is 14.3. The summed E-state index contributed by atoms with van der Waals surface area (Å²) in [5.41, 5.74) is 3.34. The van der Waals surface area contributed by atoms with Crippen LogP contribution in [-0.4, -0.2) is 17.2 Å². The highest BCUT2D eigenvalue weighted by Crippen LogP contribution is 2.22. The molecule has 0 atom stereocenters. The van der Waals surface area contributed by atoms with Crippen molar-refractivity contribution in [1.29, 1.82) is 0 Å². The molecule has 0 fully saturated rings. The first-order chi connectivity index (χ1) is 8.93. The molecule has 3 heteroatoms. The van der Waals surface area contributed by atoms with Crippen LogP contribution in [0.3, 0.4) is 0 Å². The lowest BCUT2D eigenvalue weighted by Crippen LogP contribution is -2.04. The molecule has 1 aromatic heterocycles. The van der Waals surface area contributed by atoms with Crippen LogP contribution in [0.4, 0.5) is 11.5 Å². The zero-order chi connectivity index (χ0) is 12.2. The van der Waals surface area contributed by atoms with Gasteiger partial charge in [-0.05, 0) is 37.1 Å². The Kier molecular flexibility index (Phi) is 3.05. The monoisotopic (exact) mass is 237 g/mol. The zero-order valence-corrected chi connectivity index (χ0v) is 10.1. The molecule has 0 spiro atoms. The number of benzene rings is 1. The van der Waals surface area contributed by atoms with E-state index in [1.165, 1.54) is 5.71 Å². The maximum atomic E-state index is 4.54. The van der Waals surface area contributed by atoms with Gasteiger partial charge in [-0.25, -0.2) is 4.98 Å². The fraction of sp³-hybridized carbons (Fsp3) is 0.200. The lowest BCUT2D eigenvalue weighted by atomic mass is 10.1. The molecule has 3 rings (SSSR count). The van der Waals surface area contributed by atoms with Gasteiger partial charge < -0.3 is 5.32 Å². The second-order valence-electron chi connectivity index (χ2n) is 4.32. The molecule has 0 bridgehead atoms. The van der Waals surface area contributed by atoms with E-state index in [0.717, 1.165) is 36.5 Å². The van der Waals surface area contributed by atoms with Crippen LogP contribution in [0.2, 0.25) is 0 Å². The summed E-state index contributed by atoms with van der Waals surface area (Å²) in [6.45, 7) is 0.939. The molecule has 90 valence electrons. The van der Waals surface area contributed by atoms with Gasteiger partial charge in [0.15, 0.2) is 0 Å². The van der Waals surface area contributed by atoms with Crippen LogP contribution < -0.4 is 5.32 Å². The largest absolute Gasteiger partial charge is 0.340 e. The summed E-state index contributed by atoms with van der Waals surface area (Å²) in [7, 11) is 0. The van der Waals surface area contributed by atoms with E-state index < -0.39 is 0 Å². The minimum Gasteiger partial charge on any atom is -0.340 e. The van der Waals surface area contributed by atoms with Gasteiger partial charge in [-0.1, -0.05) is 18.2 Å². The number of nitrogens with zero attached hydrogens (tertiary/aromatic N) is 2. The first-order valence-electron chi connectivity index (χ1n) is 6.24. The summed E-state index contributed by atoms with van der Waals surface area (Å²) >= 11 is 0. The second kappa shape index (κ2) is 5.00. The van der Waals surface area contributed by atoms with Gasteiger partial charge in [0.05, 0.1) is 0 Å². The van der Waals surface area contributed by atoms with Gasteiger partial charge in [0.1, 0.15) is 5.82 Å². The molecule has 1 aromatic carbocycles. The van der Waals surface area contributed by atoms with Crippen molar-refractivity contribution in [1.82, 2.24) is 4.98 Å². The van der Waals surface area contributed by atoms with Crippen molar-refractivity contribution < 1.29 is 0 Å². The summed E-state index contributed by atoms with van der Waals surface area (Å²) < 4.78 is 0. The van der Waals surface area contributed by atoms with Crippen LogP contribution >= 0.6 is 0 Å². The Balaban J connectivity index is 1.92. The van der Waals surface area contributed by atoms with Crippen molar-refractivity contribution in [3.05, 3.63) is 54.2 Å². The van der Waals surface area contributed by atoms with Crippen LogP contribution in [0.5, 0.6) is 0 Å². The highest BCUT2D eigenvalue weighted by atomic mass is 15.0. The van der Waals surface area contributed by atoms with E-state index in [2.05, 4.69) is 21.4 Å². The lowest BCUT2D eigenvalue weighted by molar-refractivity contribution is 0.951. The third-order valence-corrected chi connectivity index (χ3v) is 3.03. The number of pyridine rings is 1. The smallest absolute Gasteiger partial charge is 0.139 e. The fourth-order valence-corrected chi connectivity index (χ4v) is 2.16. The summed E-state index contributed by atoms with van der Waals surface area (Å²) in [6, 6.07) is 14.2. The summed E-state index contributed by atoms with van der Waals surface area (Å²) in [6.07, 6.45) is 4.01. The molecular weight excluding hydrogens is 222 g/mol. The third kappa shape index (κ3) is 2.25. The molecule has 0 saturated heterocycles. The first kappa shape index (κ1) is 11.0. The Labute approximate surface area is 107 Å². The number of para-hydroxylation sites is 1. The van der Waals surface area contributed by atoms with E-state index in [-0.39, 0.29) is 0 Å². The fourth-order valence-electron chi connectivity index (χ4n) is 2.16. The Bertz CT molecular complexity index is 561. The molecule has 2 heterocycles. The van der Waals surface area contributed by atoms with Crippen LogP contribution in [0.15, 0.2) is 53.7 Å². The van der Waals surface area contributed by atoms with Crippen molar-refractivity contribution in [2.45, 2.75) is 12.8 Å². The quantitative estimate of drug-likeness (QED) is 0.888. The van der Waals surface area contributed by atoms with E-state index in [9.17, 15) is 0 Å². The predicted octanol–water partition coefficient (Wildman–Crippen LogP) is 3.41. The average Bonchev–Trinajstić information content (AvgIpc) is 2.94. The number of hydrogen-bond donors (Lipinski definition) is 1. The standard InChI is InChI=1S/C15H15N3/c1-2-6-12(7-3-1)18-15-13(8-4-11-17-15)14-9-5-10-16-14/h1-4,6-8,11H,5,9-10H2,(H,17,18). The van der Waals surface area contributed by atoms with Crippen molar-refractivity contribution in [2.75, 3.05) is 11.9 Å². The minimum absolute atomic E-state index is 0.893. The van der Waals surface area contributed by atoms with Gasteiger partial charge in [0.2, 0.25) is 0 Å². The number of rotatable bonds is 3. The van der Waals surface area contributed by atoms with E-state index in [4.69, 9.17) is 0 Å². The molecule has 2 aromatic rings. The highest BCUT2D eigenvalue weighted by Gasteiger charge is 2.13. The number of hydrogen-bond acceptors (Lipinski definition) is 3. The maximum absolute atomic E-state index is 4.54. The Hall–Kier alpha value is -2.16. The van der Waals surface area contributed by atoms with Gasteiger partial charge in [0.25, 0.3) is 0 Å². The van der Waals surface area contributed by atoms with Crippen LogP contribution in [0.1, 0.15) is 18.4 Å². The highest BCUT2D eigenvalue weighted by molar-refractivity contribution is 6.05. The van der Waals surface area contributed by atoms with Crippen molar-refractivity contribution in [3.8, 4) is 0 Å². The molecule has 0 amide bonds. The first-order valence-corrected chi connectivity index (χ1v) is 6.24. The molecule has 1 N–H and O–H groups in total. The number of anilines is 2. The van der Waals surface area contributed by atoms with E-state index in [0.29, 0.717) is 0 Å². The van der Waals surface area contributed by atoms with E-state index >= 15 is 0 Å². The predicted molar refractivity (Wildman–Crippen MR) is 74.6 cm³/mol. The molecule has 3 nitrogen and oxygen atoms in total. The number of aromatic nitrogens is 1. The van der Waals surface area contributed by atoms with E-state index in [1.54, 1.807) is 0 Å². The zero-order valence-electron chi connectivity index (χ0n) is 10.1. The second-order valence-corrected chi connectivity index (χ2v) is 4.32. The van der Waals surface area contributed by atoms with Crippen LogP contribution in [0.25, 0.3) is 0 Å². The van der Waals surface area contributed by atoms with Gasteiger partial charge in [-0.15, -0.1) is 0 Å². The van der Waals surface area contributed by atoms with E-state index in [1.807, 2.05) is 42.6 Å². The topological polar surface area (TPSA) is 37.3 Å². The molecule has 0 aliphatic carbocycles. The summed E-state index contributed by atoms with van der Waals surface area (Å²) in [5.74, 6) is 0.893. The lowest BCUT2D eigenvalue weighted by Gasteiger charge is -2.10. The molecule has 0 radical (unpaired) electrons. The molecular formula is C15H15N3. The third-order valence-electron chi connectivity index (χ3n) is 3.03. The minimum atomic E-state index is 0.893. The molecule has 0 unspecified atom stereocenters. The van der Waals surface area contributed by atoms with Gasteiger partial charge in [0, 0.05) is 29.7 Å². The van der Waals surface area contributed by atoms with Gasteiger partial charge in [-0.3, -0.25) is 4.99 Å². The molecule has 1 aliphatic rings. The number of aliphatic imine (C=N–C) groups is 1. The average molecular weight is 237 g/mol. The van der Waals surface area contributed by atoms with Crippen molar-refractivity contribution in [3.63, 3.8) is 0 Å².